The molecule has 0 amide bonds. The fourth-order valence-electron chi connectivity index (χ4n) is 2.64. The van der Waals surface area contributed by atoms with E-state index in [1.807, 2.05) is 6.07 Å². The summed E-state index contributed by atoms with van der Waals surface area (Å²) in [6, 6.07) is 19.0. The van der Waals surface area contributed by atoms with Crippen LogP contribution in [0.2, 0.25) is 0 Å². The van der Waals surface area contributed by atoms with Crippen LogP contribution in [0.3, 0.4) is 0 Å². The average molecular weight is 279 g/mol. The summed E-state index contributed by atoms with van der Waals surface area (Å²) in [4.78, 5) is 0. The monoisotopic (exact) mass is 279 g/mol. The lowest BCUT2D eigenvalue weighted by Crippen LogP contribution is -2.05. The number of aryl methyl sites for hydroxylation is 2. The Labute approximate surface area is 126 Å². The van der Waals surface area contributed by atoms with Gasteiger partial charge in [0, 0.05) is 18.1 Å². The van der Waals surface area contributed by atoms with E-state index < -0.39 is 0 Å². The minimum atomic E-state index is 0.197. The molecule has 0 spiro atoms. The number of benzene rings is 2. The van der Waals surface area contributed by atoms with Gasteiger partial charge in [-0.05, 0) is 44.0 Å². The molecule has 0 radical (unpaired) electrons. The van der Waals surface area contributed by atoms with E-state index >= 15 is 0 Å². The summed E-state index contributed by atoms with van der Waals surface area (Å²) >= 11 is 0. The molecule has 1 heterocycles. The molecule has 2 heteroatoms. The van der Waals surface area contributed by atoms with Gasteiger partial charge in [-0.2, -0.15) is 0 Å². The molecule has 0 aliphatic heterocycles. The van der Waals surface area contributed by atoms with Crippen LogP contribution < -0.4 is 4.74 Å². The molecule has 0 aliphatic rings. The zero-order chi connectivity index (χ0) is 14.7. The number of hydrogen-bond acceptors (Lipinski definition) is 1. The maximum Gasteiger partial charge on any atom is 0.129 e. The molecule has 0 fully saturated rings. The molecule has 0 aliphatic carbocycles. The minimum Gasteiger partial charge on any atom is -0.490 e. The van der Waals surface area contributed by atoms with Crippen LogP contribution in [0.1, 0.15) is 19.4 Å². The van der Waals surface area contributed by atoms with Gasteiger partial charge in [-0.1, -0.05) is 36.4 Å². The fraction of sp³-hybridized carbons (Fsp3) is 0.263. The van der Waals surface area contributed by atoms with Crippen LogP contribution >= 0.6 is 0 Å². The highest BCUT2D eigenvalue weighted by molar-refractivity contribution is 5.86. The Morgan fingerprint density at radius 2 is 1.76 bits per heavy atom. The van der Waals surface area contributed by atoms with Crippen LogP contribution in [0.15, 0.2) is 60.8 Å². The zero-order valence-electron chi connectivity index (χ0n) is 12.6. The third kappa shape index (κ3) is 3.10. The lowest BCUT2D eigenvalue weighted by Gasteiger charge is -2.11. The molecule has 0 N–H and O–H groups in total. The highest BCUT2D eigenvalue weighted by atomic mass is 16.5. The van der Waals surface area contributed by atoms with Crippen LogP contribution in [0, 0.1) is 0 Å². The predicted octanol–water partition coefficient (Wildman–Crippen LogP) is 4.67. The molecule has 0 atom stereocenters. The first-order valence-electron chi connectivity index (χ1n) is 7.52. The molecule has 0 unspecified atom stereocenters. The number of hydrogen-bond donors (Lipinski definition) is 0. The Bertz CT molecular complexity index is 713. The molecule has 108 valence electrons. The fourth-order valence-corrected chi connectivity index (χ4v) is 2.64. The molecule has 21 heavy (non-hydrogen) atoms. The van der Waals surface area contributed by atoms with Gasteiger partial charge in [-0.25, -0.2) is 0 Å². The Morgan fingerprint density at radius 1 is 0.952 bits per heavy atom. The molecule has 0 saturated heterocycles. The maximum atomic E-state index is 5.89. The molecule has 2 nitrogen and oxygen atoms in total. The number of aromatic nitrogens is 1. The summed E-state index contributed by atoms with van der Waals surface area (Å²) in [5.41, 5.74) is 2.61. The van der Waals surface area contributed by atoms with Gasteiger partial charge in [-0.3, -0.25) is 0 Å². The number of fused-ring (bicyclic) bond motifs is 1. The second-order valence-corrected chi connectivity index (χ2v) is 5.60. The van der Waals surface area contributed by atoms with Crippen LogP contribution in [0.4, 0.5) is 0 Å². The second-order valence-electron chi connectivity index (χ2n) is 5.60. The molecule has 3 aromatic rings. The zero-order valence-corrected chi connectivity index (χ0v) is 12.6. The molecule has 3 rings (SSSR count). The van der Waals surface area contributed by atoms with Crippen LogP contribution in [0.5, 0.6) is 5.75 Å². The van der Waals surface area contributed by atoms with Gasteiger partial charge in [0.1, 0.15) is 5.75 Å². The van der Waals surface area contributed by atoms with E-state index in [0.717, 1.165) is 18.7 Å². The van der Waals surface area contributed by atoms with Gasteiger partial charge in [0.05, 0.1) is 11.6 Å². The molecule has 0 bridgehead atoms. The van der Waals surface area contributed by atoms with Crippen molar-refractivity contribution in [3.05, 3.63) is 66.4 Å². The van der Waals surface area contributed by atoms with Crippen molar-refractivity contribution in [2.75, 3.05) is 0 Å². The first-order valence-corrected chi connectivity index (χ1v) is 7.52. The van der Waals surface area contributed by atoms with Crippen molar-refractivity contribution in [1.82, 2.24) is 4.57 Å². The van der Waals surface area contributed by atoms with Gasteiger partial charge < -0.3 is 9.30 Å². The first kappa shape index (κ1) is 13.7. The topological polar surface area (TPSA) is 14.2 Å². The summed E-state index contributed by atoms with van der Waals surface area (Å²) in [5.74, 6) is 0.973. The number of rotatable bonds is 5. The first-order chi connectivity index (χ1) is 10.2. The second kappa shape index (κ2) is 6.04. The molecule has 1 aromatic heterocycles. The Morgan fingerprint density at radius 3 is 2.52 bits per heavy atom. The van der Waals surface area contributed by atoms with Crippen molar-refractivity contribution in [3.63, 3.8) is 0 Å². The third-order valence-electron chi connectivity index (χ3n) is 3.62. The summed E-state index contributed by atoms with van der Waals surface area (Å²) in [6.07, 6.45) is 3.39. The third-order valence-corrected chi connectivity index (χ3v) is 3.62. The molecular formula is C19H21NO. The van der Waals surface area contributed by atoms with Gasteiger partial charge in [0.2, 0.25) is 0 Å². The van der Waals surface area contributed by atoms with Crippen molar-refractivity contribution in [1.29, 1.82) is 0 Å². The largest absolute Gasteiger partial charge is 0.490 e. The summed E-state index contributed by atoms with van der Waals surface area (Å²) < 4.78 is 8.19. The van der Waals surface area contributed by atoms with Crippen molar-refractivity contribution in [3.8, 4) is 5.75 Å². The van der Waals surface area contributed by atoms with Crippen LogP contribution in [0.25, 0.3) is 10.9 Å². The van der Waals surface area contributed by atoms with Crippen molar-refractivity contribution >= 4 is 10.9 Å². The Balaban J connectivity index is 1.83. The van der Waals surface area contributed by atoms with E-state index in [0.29, 0.717) is 0 Å². The van der Waals surface area contributed by atoms with E-state index in [1.165, 1.54) is 16.5 Å². The molecule has 2 aromatic carbocycles. The quantitative estimate of drug-likeness (QED) is 0.662. The molecular weight excluding hydrogens is 258 g/mol. The van der Waals surface area contributed by atoms with E-state index in [9.17, 15) is 0 Å². The van der Waals surface area contributed by atoms with E-state index in [1.54, 1.807) is 0 Å². The number of nitrogens with zero attached hydrogens (tertiary/aromatic N) is 1. The summed E-state index contributed by atoms with van der Waals surface area (Å²) in [6.45, 7) is 5.11. The van der Waals surface area contributed by atoms with Crippen LogP contribution in [-0.4, -0.2) is 10.7 Å². The standard InChI is InChI=1S/C19H21NO/c1-15(2)21-19-10-6-9-18-17(19)12-14-20(18)13-11-16-7-4-3-5-8-16/h3-10,12,14-15H,11,13H2,1-2H3. The van der Waals surface area contributed by atoms with E-state index in [4.69, 9.17) is 4.74 Å². The van der Waals surface area contributed by atoms with E-state index in [-0.39, 0.29) is 6.10 Å². The summed E-state index contributed by atoms with van der Waals surface area (Å²) in [5, 5.41) is 1.19. The van der Waals surface area contributed by atoms with Crippen molar-refractivity contribution < 1.29 is 4.74 Å². The summed E-state index contributed by atoms with van der Waals surface area (Å²) in [7, 11) is 0. The SMILES string of the molecule is CC(C)Oc1cccc2c1ccn2CCc1ccccc1. The van der Waals surface area contributed by atoms with Gasteiger partial charge in [0.15, 0.2) is 0 Å². The lowest BCUT2D eigenvalue weighted by atomic mass is 10.1. The lowest BCUT2D eigenvalue weighted by molar-refractivity contribution is 0.245. The Hall–Kier alpha value is -2.22. The minimum absolute atomic E-state index is 0.197. The normalized spacial score (nSPS) is 11.2. The predicted molar refractivity (Wildman–Crippen MR) is 87.8 cm³/mol. The average Bonchev–Trinajstić information content (AvgIpc) is 2.90. The van der Waals surface area contributed by atoms with Gasteiger partial charge in [-0.15, -0.1) is 0 Å². The molecule has 0 saturated carbocycles. The van der Waals surface area contributed by atoms with Crippen LogP contribution in [-0.2, 0) is 13.0 Å². The maximum absolute atomic E-state index is 5.89. The highest BCUT2D eigenvalue weighted by Crippen LogP contribution is 2.27. The Kier molecular flexibility index (Phi) is 3.96. The van der Waals surface area contributed by atoms with Gasteiger partial charge in [0.25, 0.3) is 0 Å². The highest BCUT2D eigenvalue weighted by Gasteiger charge is 2.07. The van der Waals surface area contributed by atoms with E-state index in [2.05, 4.69) is 73.1 Å². The number of ether oxygens (including phenoxy) is 1. The smallest absolute Gasteiger partial charge is 0.129 e. The van der Waals surface area contributed by atoms with Crippen molar-refractivity contribution in [2.45, 2.75) is 32.9 Å². The van der Waals surface area contributed by atoms with Gasteiger partial charge >= 0.3 is 0 Å². The van der Waals surface area contributed by atoms with Crippen molar-refractivity contribution in [2.24, 2.45) is 0 Å².